The van der Waals surface area contributed by atoms with Gasteiger partial charge in [0.25, 0.3) is 5.91 Å². The fourth-order valence-electron chi connectivity index (χ4n) is 6.90. The summed E-state index contributed by atoms with van der Waals surface area (Å²) in [6.45, 7) is 11.7. The SMILES string of the molecule is COc1cc(Nc2cc(Oc3ccc(N(C(N)=O)c4cc(C(C)(C)C)cc(NS(C)(=O)=O)c4OC)c4ccccc34)ccn2)ccc1C(=O)N[C@H](C)CN1CCOCC1. The van der Waals surface area contributed by atoms with Crippen LogP contribution in [-0.2, 0) is 20.2 Å². The Morgan fingerprint density at radius 1 is 0.932 bits per heavy atom. The van der Waals surface area contributed by atoms with Crippen molar-refractivity contribution in [2.24, 2.45) is 5.73 Å². The molecule has 0 unspecified atom stereocenters. The Kier molecular flexibility index (Phi) is 12.8. The summed E-state index contributed by atoms with van der Waals surface area (Å²) in [6.07, 6.45) is 2.65. The number of aromatic nitrogens is 1. The van der Waals surface area contributed by atoms with Crippen LogP contribution in [0.1, 0.15) is 43.6 Å². The first-order chi connectivity index (χ1) is 28.0. The van der Waals surface area contributed by atoms with Crippen LogP contribution >= 0.6 is 0 Å². The topological polar surface area (TPSA) is 187 Å². The third kappa shape index (κ3) is 10.3. The lowest BCUT2D eigenvalue weighted by Gasteiger charge is -2.29. The second kappa shape index (κ2) is 17.8. The first-order valence-corrected chi connectivity index (χ1v) is 21.0. The van der Waals surface area contributed by atoms with Crippen LogP contribution in [0.15, 0.2) is 85.1 Å². The minimum atomic E-state index is -3.72. The number of carbonyl (C=O) groups is 2. The van der Waals surface area contributed by atoms with E-state index in [1.807, 2.05) is 52.0 Å². The van der Waals surface area contributed by atoms with Gasteiger partial charge in [-0.2, -0.15) is 0 Å². The number of primary amides is 1. The standard InChI is InChI=1S/C43H51N7O8S/c1-27(26-49-18-20-57-21-19-49)46-41(51)33-13-12-29(24-38(33)55-5)47-39-25-30(16-17-45-39)58-37-15-14-35(31-10-8-9-11-32(31)37)50(42(44)52)36-23-28(43(2,3)4)22-34(40(36)56-6)48-59(7,53)54/h8-17,22-25,27,48H,18-21,26H2,1-7H3,(H2,44,52)(H,45,47)(H,46,51)/t27-/m1/s1. The number of nitrogens with two attached hydrogens (primary N) is 1. The number of pyridine rings is 1. The van der Waals surface area contributed by atoms with Crippen LogP contribution in [0.4, 0.5) is 33.4 Å². The molecule has 5 aromatic rings. The number of urea groups is 1. The van der Waals surface area contributed by atoms with E-state index < -0.39 is 21.5 Å². The van der Waals surface area contributed by atoms with Gasteiger partial charge in [-0.15, -0.1) is 0 Å². The highest BCUT2D eigenvalue weighted by atomic mass is 32.2. The zero-order valence-corrected chi connectivity index (χ0v) is 35.1. The first-order valence-electron chi connectivity index (χ1n) is 19.1. The molecular formula is C43H51N7O8S. The molecule has 1 fully saturated rings. The number of fused-ring (bicyclic) bond motifs is 1. The number of nitrogens with zero attached hydrogens (tertiary/aromatic N) is 3. The maximum Gasteiger partial charge on any atom is 0.324 e. The van der Waals surface area contributed by atoms with Gasteiger partial charge in [-0.25, -0.2) is 18.2 Å². The van der Waals surface area contributed by atoms with Gasteiger partial charge < -0.3 is 35.3 Å². The summed E-state index contributed by atoms with van der Waals surface area (Å²) >= 11 is 0. The average molecular weight is 826 g/mol. The fraction of sp³-hybridized carbons (Fsp3) is 0.326. The van der Waals surface area contributed by atoms with Crippen molar-refractivity contribution in [1.82, 2.24) is 15.2 Å². The minimum Gasteiger partial charge on any atom is -0.496 e. The van der Waals surface area contributed by atoms with Crippen molar-refractivity contribution in [3.8, 4) is 23.0 Å². The number of ether oxygens (including phenoxy) is 4. The predicted octanol–water partition coefficient (Wildman–Crippen LogP) is 7.12. The monoisotopic (exact) mass is 825 g/mol. The van der Waals surface area contributed by atoms with Gasteiger partial charge in [-0.1, -0.05) is 45.0 Å². The van der Waals surface area contributed by atoms with Crippen molar-refractivity contribution in [1.29, 1.82) is 0 Å². The van der Waals surface area contributed by atoms with Gasteiger partial charge in [0.2, 0.25) is 10.0 Å². The first kappa shape index (κ1) is 42.5. The molecule has 3 amide bonds. The van der Waals surface area contributed by atoms with Gasteiger partial charge in [-0.3, -0.25) is 19.3 Å². The molecule has 0 radical (unpaired) electrons. The molecule has 4 aromatic carbocycles. The van der Waals surface area contributed by atoms with Gasteiger partial charge in [0.1, 0.15) is 23.1 Å². The highest BCUT2D eigenvalue weighted by Gasteiger charge is 2.28. The molecule has 15 nitrogen and oxygen atoms in total. The maximum absolute atomic E-state index is 13.4. The molecule has 59 heavy (non-hydrogen) atoms. The van der Waals surface area contributed by atoms with E-state index in [0.29, 0.717) is 64.0 Å². The predicted molar refractivity (Wildman–Crippen MR) is 231 cm³/mol. The molecule has 5 N–H and O–H groups in total. The van der Waals surface area contributed by atoms with Crippen LogP contribution in [0, 0.1) is 0 Å². The summed E-state index contributed by atoms with van der Waals surface area (Å²) in [4.78, 5) is 34.7. The fourth-order valence-corrected chi connectivity index (χ4v) is 7.45. The maximum atomic E-state index is 13.4. The van der Waals surface area contributed by atoms with Crippen LogP contribution in [0.3, 0.4) is 0 Å². The number of hydrogen-bond donors (Lipinski definition) is 4. The number of anilines is 5. The Bertz CT molecular complexity index is 2450. The highest BCUT2D eigenvalue weighted by molar-refractivity contribution is 7.92. The van der Waals surface area contributed by atoms with E-state index in [0.717, 1.165) is 31.5 Å². The van der Waals surface area contributed by atoms with E-state index in [9.17, 15) is 18.0 Å². The summed E-state index contributed by atoms with van der Waals surface area (Å²) in [5.74, 6) is 1.73. The number of morpholine rings is 1. The summed E-state index contributed by atoms with van der Waals surface area (Å²) < 4.78 is 50.6. The van der Waals surface area contributed by atoms with Crippen molar-refractivity contribution in [2.45, 2.75) is 39.2 Å². The molecule has 16 heteroatoms. The summed E-state index contributed by atoms with van der Waals surface area (Å²) in [7, 11) is -0.804. The Morgan fingerprint density at radius 2 is 1.66 bits per heavy atom. The number of sulfonamides is 1. The molecular weight excluding hydrogens is 775 g/mol. The second-order valence-electron chi connectivity index (χ2n) is 15.3. The number of amides is 3. The molecule has 1 aromatic heterocycles. The normalized spacial score (nSPS) is 13.9. The van der Waals surface area contributed by atoms with E-state index in [1.54, 1.807) is 60.8 Å². The summed E-state index contributed by atoms with van der Waals surface area (Å²) in [5.41, 5.74) is 8.30. The molecule has 0 bridgehead atoms. The molecule has 2 heterocycles. The summed E-state index contributed by atoms with van der Waals surface area (Å²) in [5, 5.41) is 7.64. The van der Waals surface area contributed by atoms with E-state index in [2.05, 4.69) is 25.2 Å². The Morgan fingerprint density at radius 3 is 2.32 bits per heavy atom. The van der Waals surface area contributed by atoms with Crippen LogP contribution in [0.25, 0.3) is 10.8 Å². The highest BCUT2D eigenvalue weighted by Crippen LogP contribution is 2.46. The number of hydrogen-bond acceptors (Lipinski definition) is 11. The second-order valence-corrected chi connectivity index (χ2v) is 17.1. The van der Waals surface area contributed by atoms with Gasteiger partial charge in [0.05, 0.1) is 56.3 Å². The number of carbonyl (C=O) groups excluding carboxylic acids is 2. The molecule has 0 saturated carbocycles. The molecule has 1 aliphatic rings. The third-order valence-electron chi connectivity index (χ3n) is 9.69. The van der Waals surface area contributed by atoms with E-state index in [-0.39, 0.29) is 29.1 Å². The molecule has 0 spiro atoms. The lowest BCUT2D eigenvalue weighted by Crippen LogP contribution is -2.46. The van der Waals surface area contributed by atoms with Crippen LogP contribution < -0.4 is 40.2 Å². The molecule has 1 atom stereocenters. The number of benzene rings is 4. The molecule has 0 aliphatic carbocycles. The van der Waals surface area contributed by atoms with E-state index in [1.165, 1.54) is 19.1 Å². The molecule has 1 aliphatic heterocycles. The largest absolute Gasteiger partial charge is 0.496 e. The Balaban J connectivity index is 1.26. The minimum absolute atomic E-state index is 0.0704. The van der Waals surface area contributed by atoms with Gasteiger partial charge in [0.15, 0.2) is 5.75 Å². The summed E-state index contributed by atoms with van der Waals surface area (Å²) in [6, 6.07) is 22.1. The van der Waals surface area contributed by atoms with E-state index in [4.69, 9.17) is 24.7 Å². The number of nitrogens with one attached hydrogen (secondary N) is 3. The number of methoxy groups -OCH3 is 2. The van der Waals surface area contributed by atoms with Gasteiger partial charge in [0, 0.05) is 60.5 Å². The molecule has 1 saturated heterocycles. The van der Waals surface area contributed by atoms with Crippen molar-refractivity contribution in [3.05, 3.63) is 96.2 Å². The van der Waals surface area contributed by atoms with Gasteiger partial charge >= 0.3 is 6.03 Å². The smallest absolute Gasteiger partial charge is 0.324 e. The Hall–Kier alpha value is -6.10. The zero-order valence-electron chi connectivity index (χ0n) is 34.3. The van der Waals surface area contributed by atoms with Crippen molar-refractivity contribution in [2.75, 3.05) is 68.3 Å². The lowest BCUT2D eigenvalue weighted by atomic mass is 9.86. The van der Waals surface area contributed by atoms with E-state index >= 15 is 0 Å². The lowest BCUT2D eigenvalue weighted by molar-refractivity contribution is 0.0342. The van der Waals surface area contributed by atoms with Crippen molar-refractivity contribution >= 4 is 61.3 Å². The molecule has 312 valence electrons. The molecule has 6 rings (SSSR count). The quantitative estimate of drug-likeness (QED) is 0.0893. The number of rotatable bonds is 14. The van der Waals surface area contributed by atoms with Crippen molar-refractivity contribution < 1.29 is 37.0 Å². The van der Waals surface area contributed by atoms with Crippen LogP contribution in [0.5, 0.6) is 23.0 Å². The van der Waals surface area contributed by atoms with Crippen LogP contribution in [0.2, 0.25) is 0 Å². The van der Waals surface area contributed by atoms with Crippen molar-refractivity contribution in [3.63, 3.8) is 0 Å². The Labute approximate surface area is 344 Å². The van der Waals surface area contributed by atoms with Gasteiger partial charge in [-0.05, 0) is 60.4 Å². The third-order valence-corrected chi connectivity index (χ3v) is 10.3. The zero-order chi connectivity index (χ0) is 42.5. The average Bonchev–Trinajstić information content (AvgIpc) is 3.18. The van der Waals surface area contributed by atoms with Crippen LogP contribution in [-0.4, -0.2) is 89.6 Å².